The molecule has 20 heavy (non-hydrogen) atoms. The molecule has 0 aliphatic carbocycles. The molecule has 0 unspecified atom stereocenters. The standard InChI is InChI=1S/C12H8FN3O4/c13-7-1-3-8(4-2-7)14-11-10(16(19)20)6-5-9(15-11)12(17)18/h1-6H,(H,14,15)(H,17,18). The molecule has 8 heteroatoms. The number of nitrogens with one attached hydrogen (secondary N) is 1. The van der Waals surface area contributed by atoms with Gasteiger partial charge in [-0.15, -0.1) is 0 Å². The monoisotopic (exact) mass is 277 g/mol. The lowest BCUT2D eigenvalue weighted by molar-refractivity contribution is -0.384. The first-order chi connectivity index (χ1) is 9.47. The van der Waals surface area contributed by atoms with Crippen LogP contribution >= 0.6 is 0 Å². The summed E-state index contributed by atoms with van der Waals surface area (Å²) in [6.45, 7) is 0. The number of anilines is 2. The highest BCUT2D eigenvalue weighted by Crippen LogP contribution is 2.25. The molecule has 0 saturated heterocycles. The SMILES string of the molecule is O=C(O)c1ccc([N+](=O)[O-])c(Nc2ccc(F)cc2)n1. The maximum absolute atomic E-state index is 12.8. The van der Waals surface area contributed by atoms with Gasteiger partial charge in [-0.05, 0) is 30.3 Å². The largest absolute Gasteiger partial charge is 0.477 e. The smallest absolute Gasteiger partial charge is 0.354 e. The normalized spacial score (nSPS) is 10.1. The number of rotatable bonds is 4. The zero-order chi connectivity index (χ0) is 14.7. The molecule has 1 aromatic carbocycles. The first kappa shape index (κ1) is 13.4. The number of benzene rings is 1. The van der Waals surface area contributed by atoms with E-state index >= 15 is 0 Å². The van der Waals surface area contributed by atoms with Gasteiger partial charge in [0.05, 0.1) is 4.92 Å². The van der Waals surface area contributed by atoms with E-state index in [2.05, 4.69) is 10.3 Å². The van der Waals surface area contributed by atoms with Gasteiger partial charge in [0.1, 0.15) is 5.82 Å². The van der Waals surface area contributed by atoms with Crippen molar-refractivity contribution >= 4 is 23.2 Å². The van der Waals surface area contributed by atoms with Crippen LogP contribution < -0.4 is 5.32 Å². The van der Waals surface area contributed by atoms with Gasteiger partial charge in [0.15, 0.2) is 5.69 Å². The lowest BCUT2D eigenvalue weighted by Crippen LogP contribution is -2.05. The zero-order valence-electron chi connectivity index (χ0n) is 9.91. The molecule has 0 saturated carbocycles. The molecule has 102 valence electrons. The van der Waals surface area contributed by atoms with Crippen molar-refractivity contribution in [3.05, 3.63) is 58.0 Å². The van der Waals surface area contributed by atoms with Crippen molar-refractivity contribution in [1.82, 2.24) is 4.98 Å². The number of carboxylic acid groups (broad SMARTS) is 1. The van der Waals surface area contributed by atoms with Crippen molar-refractivity contribution in [2.45, 2.75) is 0 Å². The summed E-state index contributed by atoms with van der Waals surface area (Å²) in [6.07, 6.45) is 0. The average Bonchev–Trinajstić information content (AvgIpc) is 2.41. The average molecular weight is 277 g/mol. The molecule has 0 bridgehead atoms. The molecule has 0 amide bonds. The van der Waals surface area contributed by atoms with Gasteiger partial charge >= 0.3 is 11.7 Å². The molecule has 1 heterocycles. The van der Waals surface area contributed by atoms with E-state index in [9.17, 15) is 19.3 Å². The van der Waals surface area contributed by atoms with Crippen LogP contribution in [0.15, 0.2) is 36.4 Å². The van der Waals surface area contributed by atoms with Crippen molar-refractivity contribution in [1.29, 1.82) is 0 Å². The van der Waals surface area contributed by atoms with Crippen molar-refractivity contribution in [2.75, 3.05) is 5.32 Å². The van der Waals surface area contributed by atoms with Gasteiger partial charge in [0.2, 0.25) is 5.82 Å². The molecule has 0 radical (unpaired) electrons. The van der Waals surface area contributed by atoms with Crippen molar-refractivity contribution in [3.8, 4) is 0 Å². The summed E-state index contributed by atoms with van der Waals surface area (Å²) in [5, 5.41) is 22.3. The molecule has 2 aromatic rings. The number of carbonyl (C=O) groups is 1. The Balaban J connectivity index is 2.41. The van der Waals surface area contributed by atoms with Gasteiger partial charge < -0.3 is 10.4 Å². The number of carboxylic acids is 1. The highest BCUT2D eigenvalue weighted by molar-refractivity contribution is 5.86. The van der Waals surface area contributed by atoms with E-state index in [1.54, 1.807) is 0 Å². The number of aromatic carboxylic acids is 1. The molecule has 0 fully saturated rings. The van der Waals surface area contributed by atoms with Crippen molar-refractivity contribution in [3.63, 3.8) is 0 Å². The van der Waals surface area contributed by atoms with Crippen LogP contribution in [0.3, 0.4) is 0 Å². The number of hydrogen-bond donors (Lipinski definition) is 2. The molecule has 7 nitrogen and oxygen atoms in total. The van der Waals surface area contributed by atoms with E-state index in [1.807, 2.05) is 0 Å². The summed E-state index contributed by atoms with van der Waals surface area (Å²) in [6, 6.07) is 7.12. The first-order valence-corrected chi connectivity index (χ1v) is 5.38. The Hall–Kier alpha value is -3.03. The van der Waals surface area contributed by atoms with Gasteiger partial charge in [0.25, 0.3) is 0 Å². The molecule has 2 rings (SSSR count). The maximum Gasteiger partial charge on any atom is 0.354 e. The fourth-order valence-electron chi connectivity index (χ4n) is 1.48. The third-order valence-electron chi connectivity index (χ3n) is 2.40. The number of halogens is 1. The Bertz CT molecular complexity index is 673. The van der Waals surface area contributed by atoms with E-state index in [1.165, 1.54) is 12.1 Å². The lowest BCUT2D eigenvalue weighted by Gasteiger charge is -2.06. The lowest BCUT2D eigenvalue weighted by atomic mass is 10.3. The van der Waals surface area contributed by atoms with Crippen LogP contribution in [0, 0.1) is 15.9 Å². The van der Waals surface area contributed by atoms with Gasteiger partial charge in [-0.25, -0.2) is 14.2 Å². The quantitative estimate of drug-likeness (QED) is 0.657. The number of hydrogen-bond acceptors (Lipinski definition) is 5. The number of nitrogens with zero attached hydrogens (tertiary/aromatic N) is 2. The van der Waals surface area contributed by atoms with Crippen LogP contribution in [0.5, 0.6) is 0 Å². The predicted octanol–water partition coefficient (Wildman–Crippen LogP) is 2.57. The summed E-state index contributed by atoms with van der Waals surface area (Å²) >= 11 is 0. The molecule has 0 aliphatic heterocycles. The Kier molecular flexibility index (Phi) is 3.56. The first-order valence-electron chi connectivity index (χ1n) is 5.38. The summed E-state index contributed by atoms with van der Waals surface area (Å²) in [4.78, 5) is 24.7. The topological polar surface area (TPSA) is 105 Å². The van der Waals surface area contributed by atoms with E-state index < -0.39 is 16.7 Å². The molecule has 2 N–H and O–H groups in total. The van der Waals surface area contributed by atoms with E-state index in [-0.39, 0.29) is 17.2 Å². The third-order valence-corrected chi connectivity index (χ3v) is 2.40. The summed E-state index contributed by atoms with van der Waals surface area (Å²) in [5.74, 6) is -1.99. The van der Waals surface area contributed by atoms with Crippen molar-refractivity contribution in [2.24, 2.45) is 0 Å². The van der Waals surface area contributed by atoms with Gasteiger partial charge in [-0.1, -0.05) is 0 Å². The minimum Gasteiger partial charge on any atom is -0.477 e. The number of nitro groups is 1. The van der Waals surface area contributed by atoms with Crippen LogP contribution in [0.25, 0.3) is 0 Å². The highest BCUT2D eigenvalue weighted by atomic mass is 19.1. The van der Waals surface area contributed by atoms with Gasteiger partial charge in [-0.2, -0.15) is 0 Å². The molecular formula is C12H8FN3O4. The van der Waals surface area contributed by atoms with E-state index in [0.29, 0.717) is 5.69 Å². The Labute approximate surface area is 111 Å². The minimum atomic E-state index is -1.30. The van der Waals surface area contributed by atoms with Crippen LogP contribution in [0.4, 0.5) is 21.6 Å². The number of pyridine rings is 1. The van der Waals surface area contributed by atoms with Gasteiger partial charge in [0, 0.05) is 11.8 Å². The van der Waals surface area contributed by atoms with Gasteiger partial charge in [-0.3, -0.25) is 10.1 Å². The van der Waals surface area contributed by atoms with Crippen LogP contribution in [0.1, 0.15) is 10.5 Å². The van der Waals surface area contributed by atoms with E-state index in [0.717, 1.165) is 24.3 Å². The van der Waals surface area contributed by atoms with Crippen LogP contribution in [-0.4, -0.2) is 21.0 Å². The van der Waals surface area contributed by atoms with Crippen molar-refractivity contribution < 1.29 is 19.2 Å². The predicted molar refractivity (Wildman–Crippen MR) is 67.5 cm³/mol. The summed E-state index contributed by atoms with van der Waals surface area (Å²) in [5.41, 5.74) is -0.357. The molecule has 0 aliphatic rings. The molecule has 0 spiro atoms. The summed E-state index contributed by atoms with van der Waals surface area (Å²) in [7, 11) is 0. The summed E-state index contributed by atoms with van der Waals surface area (Å²) < 4.78 is 12.8. The fourth-order valence-corrected chi connectivity index (χ4v) is 1.48. The fraction of sp³-hybridized carbons (Fsp3) is 0. The highest BCUT2D eigenvalue weighted by Gasteiger charge is 2.18. The molecular weight excluding hydrogens is 269 g/mol. The Morgan fingerprint density at radius 3 is 2.45 bits per heavy atom. The zero-order valence-corrected chi connectivity index (χ0v) is 9.91. The Morgan fingerprint density at radius 1 is 1.25 bits per heavy atom. The molecule has 0 atom stereocenters. The molecule has 1 aromatic heterocycles. The van der Waals surface area contributed by atoms with Crippen LogP contribution in [-0.2, 0) is 0 Å². The second kappa shape index (κ2) is 5.31. The van der Waals surface area contributed by atoms with E-state index in [4.69, 9.17) is 5.11 Å². The second-order valence-corrected chi connectivity index (χ2v) is 3.76. The number of aromatic nitrogens is 1. The minimum absolute atomic E-state index is 0.221. The second-order valence-electron chi connectivity index (χ2n) is 3.76. The van der Waals surface area contributed by atoms with Crippen LogP contribution in [0.2, 0.25) is 0 Å². The Morgan fingerprint density at radius 2 is 1.90 bits per heavy atom. The maximum atomic E-state index is 12.8. The third kappa shape index (κ3) is 2.86.